The summed E-state index contributed by atoms with van der Waals surface area (Å²) in [6.07, 6.45) is 1.11. The normalized spacial score (nSPS) is 10.7. The largest absolute Gasteiger partial charge is 0.329 e. The third-order valence-electron chi connectivity index (χ3n) is 2.14. The zero-order chi connectivity index (χ0) is 9.52. The van der Waals surface area contributed by atoms with Crippen molar-refractivity contribution in [2.75, 3.05) is 26.7 Å². The molecule has 1 aromatic rings. The van der Waals surface area contributed by atoms with Crippen LogP contribution in [0.2, 0.25) is 0 Å². The molecule has 13 heavy (non-hydrogen) atoms. The molecule has 0 atom stereocenters. The van der Waals surface area contributed by atoms with E-state index in [1.807, 2.05) is 6.07 Å². The number of rotatable bonds is 5. The number of likely N-dealkylation sites (N-methyl/N-ethyl adjacent to an activating group) is 1. The summed E-state index contributed by atoms with van der Waals surface area (Å²) < 4.78 is 0. The third kappa shape index (κ3) is 4.06. The maximum Gasteiger partial charge on any atom is 0.0102 e. The van der Waals surface area contributed by atoms with Crippen LogP contribution in [0.5, 0.6) is 0 Å². The number of hydrogen-bond donors (Lipinski definition) is 1. The van der Waals surface area contributed by atoms with Crippen LogP contribution in [-0.2, 0) is 6.42 Å². The number of nitrogens with zero attached hydrogens (tertiary/aromatic N) is 1. The SMILES string of the molecule is CN(CCN)CCc1ccccc1. The van der Waals surface area contributed by atoms with Crippen LogP contribution >= 0.6 is 0 Å². The van der Waals surface area contributed by atoms with E-state index in [9.17, 15) is 0 Å². The van der Waals surface area contributed by atoms with Crippen LogP contribution in [0.15, 0.2) is 30.3 Å². The molecule has 0 spiro atoms. The van der Waals surface area contributed by atoms with Crippen molar-refractivity contribution in [3.63, 3.8) is 0 Å². The van der Waals surface area contributed by atoms with Gasteiger partial charge in [-0.25, -0.2) is 0 Å². The Kier molecular flexibility index (Phi) is 4.50. The van der Waals surface area contributed by atoms with Crippen molar-refractivity contribution in [1.29, 1.82) is 0 Å². The first-order chi connectivity index (χ1) is 6.33. The second-order valence-electron chi connectivity index (χ2n) is 3.33. The zero-order valence-corrected chi connectivity index (χ0v) is 8.24. The highest BCUT2D eigenvalue weighted by atomic mass is 15.1. The molecule has 0 aromatic heterocycles. The molecule has 72 valence electrons. The summed E-state index contributed by atoms with van der Waals surface area (Å²) in [4.78, 5) is 2.26. The molecule has 2 heteroatoms. The molecule has 0 saturated carbocycles. The summed E-state index contributed by atoms with van der Waals surface area (Å²) in [5, 5.41) is 0. The van der Waals surface area contributed by atoms with Crippen molar-refractivity contribution in [3.05, 3.63) is 35.9 Å². The molecular formula is C11H18N2. The average Bonchev–Trinajstić information content (AvgIpc) is 2.17. The fourth-order valence-electron chi connectivity index (χ4n) is 1.30. The minimum Gasteiger partial charge on any atom is -0.329 e. The molecular weight excluding hydrogens is 160 g/mol. The van der Waals surface area contributed by atoms with E-state index < -0.39 is 0 Å². The van der Waals surface area contributed by atoms with Gasteiger partial charge in [0.1, 0.15) is 0 Å². The standard InChI is InChI=1S/C11H18N2/c1-13(10-8-12)9-7-11-5-3-2-4-6-11/h2-6H,7-10,12H2,1H3. The quantitative estimate of drug-likeness (QED) is 0.732. The van der Waals surface area contributed by atoms with Gasteiger partial charge in [-0.3, -0.25) is 0 Å². The Morgan fingerprint density at radius 3 is 2.46 bits per heavy atom. The summed E-state index contributed by atoms with van der Waals surface area (Å²) >= 11 is 0. The van der Waals surface area contributed by atoms with E-state index in [0.29, 0.717) is 0 Å². The second-order valence-corrected chi connectivity index (χ2v) is 3.33. The summed E-state index contributed by atoms with van der Waals surface area (Å²) in [6, 6.07) is 10.5. The maximum atomic E-state index is 5.46. The molecule has 0 unspecified atom stereocenters. The molecule has 0 radical (unpaired) electrons. The van der Waals surface area contributed by atoms with Gasteiger partial charge in [0.2, 0.25) is 0 Å². The van der Waals surface area contributed by atoms with Gasteiger partial charge in [-0.05, 0) is 19.0 Å². The molecule has 0 aliphatic heterocycles. The summed E-state index contributed by atoms with van der Waals surface area (Å²) in [5.74, 6) is 0. The molecule has 2 N–H and O–H groups in total. The lowest BCUT2D eigenvalue weighted by Gasteiger charge is -2.14. The molecule has 0 aliphatic carbocycles. The highest BCUT2D eigenvalue weighted by molar-refractivity contribution is 5.14. The highest BCUT2D eigenvalue weighted by Crippen LogP contribution is 1.99. The minimum atomic E-state index is 0.741. The number of hydrogen-bond acceptors (Lipinski definition) is 2. The summed E-state index contributed by atoms with van der Waals surface area (Å²) in [5.41, 5.74) is 6.85. The van der Waals surface area contributed by atoms with Crippen molar-refractivity contribution in [2.24, 2.45) is 5.73 Å². The predicted molar refractivity (Wildman–Crippen MR) is 56.7 cm³/mol. The van der Waals surface area contributed by atoms with Crippen molar-refractivity contribution in [3.8, 4) is 0 Å². The first kappa shape index (κ1) is 10.2. The molecule has 0 saturated heterocycles. The second kappa shape index (κ2) is 5.73. The van der Waals surface area contributed by atoms with Gasteiger partial charge in [-0.15, -0.1) is 0 Å². The molecule has 0 heterocycles. The van der Waals surface area contributed by atoms with Gasteiger partial charge in [0, 0.05) is 19.6 Å². The van der Waals surface area contributed by atoms with E-state index >= 15 is 0 Å². The molecule has 1 aromatic carbocycles. The van der Waals surface area contributed by atoms with E-state index in [4.69, 9.17) is 5.73 Å². The number of benzene rings is 1. The Morgan fingerprint density at radius 1 is 1.15 bits per heavy atom. The topological polar surface area (TPSA) is 29.3 Å². The smallest absolute Gasteiger partial charge is 0.0102 e. The Balaban J connectivity index is 2.27. The van der Waals surface area contributed by atoms with Gasteiger partial charge >= 0.3 is 0 Å². The van der Waals surface area contributed by atoms with Crippen LogP contribution in [0.4, 0.5) is 0 Å². The van der Waals surface area contributed by atoms with E-state index in [2.05, 4.69) is 36.2 Å². The van der Waals surface area contributed by atoms with E-state index in [-0.39, 0.29) is 0 Å². The van der Waals surface area contributed by atoms with Gasteiger partial charge in [0.25, 0.3) is 0 Å². The Labute approximate surface area is 80.4 Å². The lowest BCUT2D eigenvalue weighted by molar-refractivity contribution is 0.348. The third-order valence-corrected chi connectivity index (χ3v) is 2.14. The van der Waals surface area contributed by atoms with Crippen LogP contribution in [-0.4, -0.2) is 31.6 Å². The summed E-state index contributed by atoms with van der Waals surface area (Å²) in [6.45, 7) is 2.80. The Bertz CT molecular complexity index is 221. The number of nitrogens with two attached hydrogens (primary N) is 1. The molecule has 1 rings (SSSR count). The van der Waals surface area contributed by atoms with Gasteiger partial charge in [0.15, 0.2) is 0 Å². The van der Waals surface area contributed by atoms with Gasteiger partial charge in [-0.1, -0.05) is 30.3 Å². The maximum absolute atomic E-state index is 5.46. The lowest BCUT2D eigenvalue weighted by atomic mass is 10.1. The van der Waals surface area contributed by atoms with E-state index in [0.717, 1.165) is 26.1 Å². The Morgan fingerprint density at radius 2 is 1.85 bits per heavy atom. The predicted octanol–water partition coefficient (Wildman–Crippen LogP) is 1.12. The van der Waals surface area contributed by atoms with Crippen LogP contribution in [0.1, 0.15) is 5.56 Å². The van der Waals surface area contributed by atoms with Crippen molar-refractivity contribution in [1.82, 2.24) is 4.90 Å². The fourth-order valence-corrected chi connectivity index (χ4v) is 1.30. The van der Waals surface area contributed by atoms with Crippen molar-refractivity contribution in [2.45, 2.75) is 6.42 Å². The lowest BCUT2D eigenvalue weighted by Crippen LogP contribution is -2.27. The van der Waals surface area contributed by atoms with Crippen LogP contribution in [0, 0.1) is 0 Å². The van der Waals surface area contributed by atoms with Gasteiger partial charge in [0.05, 0.1) is 0 Å². The molecule has 0 amide bonds. The molecule has 0 fully saturated rings. The van der Waals surface area contributed by atoms with E-state index in [1.54, 1.807) is 0 Å². The monoisotopic (exact) mass is 178 g/mol. The molecule has 0 bridgehead atoms. The average molecular weight is 178 g/mol. The van der Waals surface area contributed by atoms with E-state index in [1.165, 1.54) is 5.56 Å². The summed E-state index contributed by atoms with van der Waals surface area (Å²) in [7, 11) is 2.11. The van der Waals surface area contributed by atoms with Crippen LogP contribution in [0.3, 0.4) is 0 Å². The minimum absolute atomic E-state index is 0.741. The molecule has 2 nitrogen and oxygen atoms in total. The first-order valence-electron chi connectivity index (χ1n) is 4.75. The van der Waals surface area contributed by atoms with Crippen molar-refractivity contribution < 1.29 is 0 Å². The Hall–Kier alpha value is -0.860. The molecule has 0 aliphatic rings. The van der Waals surface area contributed by atoms with Crippen molar-refractivity contribution >= 4 is 0 Å². The zero-order valence-electron chi connectivity index (χ0n) is 8.24. The van der Waals surface area contributed by atoms with Gasteiger partial charge < -0.3 is 10.6 Å². The van der Waals surface area contributed by atoms with Gasteiger partial charge in [-0.2, -0.15) is 0 Å². The van der Waals surface area contributed by atoms with Crippen LogP contribution < -0.4 is 5.73 Å². The highest BCUT2D eigenvalue weighted by Gasteiger charge is 1.96. The fraction of sp³-hybridized carbons (Fsp3) is 0.455. The first-order valence-corrected chi connectivity index (χ1v) is 4.75. The van der Waals surface area contributed by atoms with Crippen LogP contribution in [0.25, 0.3) is 0 Å².